The molecule has 0 amide bonds. The van der Waals surface area contributed by atoms with E-state index in [1.54, 1.807) is 11.1 Å². The molecule has 0 aromatic heterocycles. The Labute approximate surface area is 152 Å². The Hall–Kier alpha value is -0.297. The van der Waals surface area contributed by atoms with Crippen LogP contribution in [-0.4, -0.2) is 0 Å². The fourth-order valence-corrected chi connectivity index (χ4v) is 8.27. The molecule has 0 aliphatic heterocycles. The molecule has 128 valence electrons. The van der Waals surface area contributed by atoms with Gasteiger partial charge in [-0.1, -0.05) is 0 Å². The van der Waals surface area contributed by atoms with Gasteiger partial charge in [0.2, 0.25) is 0 Å². The SMILES string of the molecule is CCCCC1=C[C](C)([Zr+2][C]2(C)C=CC(CCCC)=C2)C=C1.[F-].[F-]. The van der Waals surface area contributed by atoms with Gasteiger partial charge in [0.25, 0.3) is 0 Å². The van der Waals surface area contributed by atoms with Crippen molar-refractivity contribution in [3.63, 3.8) is 0 Å². The molecular weight excluding hydrogens is 369 g/mol. The fourth-order valence-electron chi connectivity index (χ4n) is 3.33. The molecule has 0 nitrogen and oxygen atoms in total. The topological polar surface area (TPSA) is 0 Å². The molecule has 2 aliphatic rings. The van der Waals surface area contributed by atoms with Crippen LogP contribution in [0.3, 0.4) is 0 Å². The minimum atomic E-state index is -0.592. The first-order valence-corrected chi connectivity index (χ1v) is 11.1. The summed E-state index contributed by atoms with van der Waals surface area (Å²) in [4.78, 5) is 0. The minimum absolute atomic E-state index is 0. The maximum absolute atomic E-state index is 2.59. The second-order valence-electron chi connectivity index (χ2n) is 7.00. The summed E-state index contributed by atoms with van der Waals surface area (Å²) < 4.78 is 0.810. The van der Waals surface area contributed by atoms with Crippen molar-refractivity contribution in [2.75, 3.05) is 0 Å². The van der Waals surface area contributed by atoms with Crippen molar-refractivity contribution in [2.24, 2.45) is 0 Å². The van der Waals surface area contributed by atoms with Gasteiger partial charge in [-0.25, -0.2) is 0 Å². The van der Waals surface area contributed by atoms with E-state index in [9.17, 15) is 0 Å². The van der Waals surface area contributed by atoms with Gasteiger partial charge in [-0.15, -0.1) is 0 Å². The van der Waals surface area contributed by atoms with E-state index in [1.807, 2.05) is 0 Å². The molecule has 0 bridgehead atoms. The van der Waals surface area contributed by atoms with Crippen molar-refractivity contribution in [1.82, 2.24) is 0 Å². The van der Waals surface area contributed by atoms with Crippen molar-refractivity contribution in [2.45, 2.75) is 72.5 Å². The first-order valence-electron chi connectivity index (χ1n) is 8.60. The van der Waals surface area contributed by atoms with Gasteiger partial charge in [-0.2, -0.15) is 0 Å². The van der Waals surface area contributed by atoms with E-state index in [1.165, 1.54) is 38.5 Å². The van der Waals surface area contributed by atoms with Gasteiger partial charge in [0.15, 0.2) is 0 Å². The molecule has 0 N–H and O–H groups in total. The van der Waals surface area contributed by atoms with Crippen molar-refractivity contribution in [3.8, 4) is 0 Å². The van der Waals surface area contributed by atoms with Crippen LogP contribution in [0.25, 0.3) is 0 Å². The monoisotopic (exact) mass is 398 g/mol. The predicted molar refractivity (Wildman–Crippen MR) is 90.2 cm³/mol. The molecule has 0 radical (unpaired) electrons. The molecule has 3 heteroatoms. The van der Waals surface area contributed by atoms with Crippen LogP contribution in [0.5, 0.6) is 0 Å². The summed E-state index contributed by atoms with van der Waals surface area (Å²) in [7, 11) is 0. The van der Waals surface area contributed by atoms with E-state index in [2.05, 4.69) is 64.2 Å². The summed E-state index contributed by atoms with van der Waals surface area (Å²) >= 11 is -0.592. The molecule has 0 aromatic rings. The standard InChI is InChI=1S/2C10H15.2FH.Zr/c2*1-3-4-5-10-7-6-9(2)8-10;;;/h2*6-8H,3-5H2,1-2H3;2*1H;/q;;;;+2/p-2. The van der Waals surface area contributed by atoms with Crippen LogP contribution < -0.4 is 9.41 Å². The van der Waals surface area contributed by atoms with Crippen molar-refractivity contribution in [1.29, 1.82) is 0 Å². The summed E-state index contributed by atoms with van der Waals surface area (Å²) in [5, 5.41) is 0. The zero-order valence-electron chi connectivity index (χ0n) is 15.0. The molecule has 0 saturated heterocycles. The summed E-state index contributed by atoms with van der Waals surface area (Å²) in [5.41, 5.74) is 3.17. The predicted octanol–water partition coefficient (Wildman–Crippen LogP) is 0.807. The molecule has 2 rings (SSSR count). The summed E-state index contributed by atoms with van der Waals surface area (Å²) in [6.45, 7) is 9.49. The Balaban J connectivity index is 0.00000242. The molecule has 0 spiro atoms. The number of allylic oxidation sites excluding steroid dienone is 8. The maximum atomic E-state index is 2.59. The van der Waals surface area contributed by atoms with Crippen LogP contribution in [-0.2, 0) is 23.2 Å². The first kappa shape index (κ1) is 22.7. The van der Waals surface area contributed by atoms with Crippen molar-refractivity contribution >= 4 is 0 Å². The van der Waals surface area contributed by atoms with E-state index in [4.69, 9.17) is 0 Å². The second-order valence-corrected chi connectivity index (χ2v) is 12.9. The van der Waals surface area contributed by atoms with Gasteiger partial charge in [0.1, 0.15) is 0 Å². The Morgan fingerprint density at radius 2 is 1.17 bits per heavy atom. The molecule has 0 saturated carbocycles. The third kappa shape index (κ3) is 6.61. The van der Waals surface area contributed by atoms with Gasteiger partial charge in [-0.05, 0) is 0 Å². The average molecular weight is 400 g/mol. The second kappa shape index (κ2) is 9.87. The Morgan fingerprint density at radius 1 is 0.783 bits per heavy atom. The first-order chi connectivity index (χ1) is 9.99. The third-order valence-electron chi connectivity index (χ3n) is 4.43. The van der Waals surface area contributed by atoms with E-state index in [0.717, 1.165) is 0 Å². The average Bonchev–Trinajstić information content (AvgIpc) is 2.98. The van der Waals surface area contributed by atoms with Gasteiger partial charge in [0, 0.05) is 0 Å². The van der Waals surface area contributed by atoms with Crippen LogP contribution in [0.2, 0.25) is 6.25 Å². The molecule has 0 heterocycles. The Bertz CT molecular complexity index is 446. The van der Waals surface area contributed by atoms with Crippen LogP contribution >= 0.6 is 0 Å². The number of unbranched alkanes of at least 4 members (excludes halogenated alkanes) is 2. The smallest absolute Gasteiger partial charge is 1.00 e. The van der Waals surface area contributed by atoms with Crippen LogP contribution in [0.15, 0.2) is 47.6 Å². The zero-order valence-corrected chi connectivity index (χ0v) is 17.4. The van der Waals surface area contributed by atoms with Crippen molar-refractivity contribution in [3.05, 3.63) is 47.6 Å². The van der Waals surface area contributed by atoms with E-state index < -0.39 is 23.2 Å². The number of halogens is 2. The molecule has 2 unspecified atom stereocenters. The van der Waals surface area contributed by atoms with Crippen LogP contribution in [0.1, 0.15) is 66.2 Å². The fraction of sp³-hybridized carbons (Fsp3) is 0.600. The van der Waals surface area contributed by atoms with Crippen molar-refractivity contribution < 1.29 is 32.6 Å². The zero-order chi connectivity index (χ0) is 15.3. The van der Waals surface area contributed by atoms with Gasteiger partial charge >= 0.3 is 143 Å². The summed E-state index contributed by atoms with van der Waals surface area (Å²) in [6.07, 6.45) is 22.8. The quantitative estimate of drug-likeness (QED) is 0.567. The maximum Gasteiger partial charge on any atom is -1.00 e. The van der Waals surface area contributed by atoms with E-state index >= 15 is 0 Å². The molecule has 0 aromatic carbocycles. The number of rotatable bonds is 8. The number of hydrogen-bond acceptors (Lipinski definition) is 0. The number of hydrogen-bond donors (Lipinski definition) is 0. The van der Waals surface area contributed by atoms with Gasteiger partial charge in [-0.3, -0.25) is 0 Å². The van der Waals surface area contributed by atoms with Crippen LogP contribution in [0.4, 0.5) is 0 Å². The third-order valence-corrected chi connectivity index (χ3v) is 8.61. The Kier molecular flexibility index (Phi) is 9.74. The Morgan fingerprint density at radius 3 is 1.52 bits per heavy atom. The van der Waals surface area contributed by atoms with E-state index in [-0.39, 0.29) is 9.41 Å². The summed E-state index contributed by atoms with van der Waals surface area (Å²) in [5.74, 6) is 0. The molecular formula is C20H30F2Zr. The molecule has 0 fully saturated rings. The summed E-state index contributed by atoms with van der Waals surface area (Å²) in [6, 6.07) is 0. The van der Waals surface area contributed by atoms with Crippen LogP contribution in [0, 0.1) is 0 Å². The molecule has 23 heavy (non-hydrogen) atoms. The van der Waals surface area contributed by atoms with Gasteiger partial charge < -0.3 is 9.41 Å². The van der Waals surface area contributed by atoms with E-state index in [0.29, 0.717) is 6.25 Å². The van der Waals surface area contributed by atoms with Gasteiger partial charge in [0.05, 0.1) is 0 Å². The normalized spacial score (nSPS) is 27.8. The minimum Gasteiger partial charge on any atom is -1.00 e. The molecule has 2 aliphatic carbocycles. The largest absolute Gasteiger partial charge is 1.00 e. The molecule has 2 atom stereocenters.